The molecule has 0 aromatic carbocycles. The van der Waals surface area contributed by atoms with Gasteiger partial charge >= 0.3 is 0 Å². The second-order valence-corrected chi connectivity index (χ2v) is 3.48. The summed E-state index contributed by atoms with van der Waals surface area (Å²) in [5, 5.41) is 2.65. The molecule has 3 N–H and O–H groups in total. The van der Waals surface area contributed by atoms with Gasteiger partial charge in [-0.1, -0.05) is 6.08 Å². The van der Waals surface area contributed by atoms with Crippen molar-refractivity contribution in [1.29, 1.82) is 0 Å². The Labute approximate surface area is 101 Å². The molecular weight excluding hydrogens is 218 g/mol. The Hall–Kier alpha value is -1.88. The molecule has 5 heteroatoms. The number of amides is 1. The number of nitrogens with two attached hydrogens (primary N) is 1. The third kappa shape index (κ3) is 4.24. The van der Waals surface area contributed by atoms with E-state index in [0.717, 1.165) is 5.69 Å². The van der Waals surface area contributed by atoms with Crippen molar-refractivity contribution in [3.63, 3.8) is 0 Å². The van der Waals surface area contributed by atoms with Gasteiger partial charge < -0.3 is 15.8 Å². The Morgan fingerprint density at radius 1 is 1.71 bits per heavy atom. The lowest BCUT2D eigenvalue weighted by molar-refractivity contribution is -0.127. The summed E-state index contributed by atoms with van der Waals surface area (Å²) in [5.74, 6) is 0.358. The van der Waals surface area contributed by atoms with Crippen LogP contribution in [0.2, 0.25) is 0 Å². The van der Waals surface area contributed by atoms with Crippen molar-refractivity contribution in [2.24, 2.45) is 5.73 Å². The fraction of sp³-hybridized carbons (Fsp3) is 0.333. The minimum Gasteiger partial charge on any atom is -0.479 e. The van der Waals surface area contributed by atoms with E-state index in [9.17, 15) is 4.79 Å². The van der Waals surface area contributed by atoms with Crippen molar-refractivity contribution in [1.82, 2.24) is 10.3 Å². The third-order valence-electron chi connectivity index (χ3n) is 2.11. The van der Waals surface area contributed by atoms with Gasteiger partial charge in [0, 0.05) is 13.1 Å². The second kappa shape index (κ2) is 6.65. The number of hydrogen-bond acceptors (Lipinski definition) is 4. The average Bonchev–Trinajstić information content (AvgIpc) is 2.36. The maximum absolute atomic E-state index is 11.5. The van der Waals surface area contributed by atoms with Gasteiger partial charge in [0.25, 0.3) is 5.91 Å². The Kier molecular flexibility index (Phi) is 5.16. The standard InChI is InChI=1S/C12H17N3O2/c1-3-6-14-12(16)9(2)17-11-5-4-10(7-13)15-8-11/h3-5,8-9H,1,6-7,13H2,2H3,(H,14,16). The first-order valence-corrected chi connectivity index (χ1v) is 5.37. The first-order chi connectivity index (χ1) is 8.17. The van der Waals surface area contributed by atoms with E-state index < -0.39 is 6.10 Å². The number of hydrogen-bond donors (Lipinski definition) is 2. The van der Waals surface area contributed by atoms with Crippen LogP contribution in [-0.4, -0.2) is 23.5 Å². The van der Waals surface area contributed by atoms with E-state index in [1.165, 1.54) is 0 Å². The second-order valence-electron chi connectivity index (χ2n) is 3.48. The van der Waals surface area contributed by atoms with E-state index in [1.807, 2.05) is 0 Å². The van der Waals surface area contributed by atoms with Crippen LogP contribution in [0.15, 0.2) is 31.0 Å². The van der Waals surface area contributed by atoms with Gasteiger partial charge in [-0.3, -0.25) is 9.78 Å². The molecule has 1 amide bonds. The predicted octanol–water partition coefficient (Wildman–Crippen LogP) is 0.610. The number of nitrogens with one attached hydrogen (secondary N) is 1. The van der Waals surface area contributed by atoms with Gasteiger partial charge in [-0.05, 0) is 19.1 Å². The molecule has 0 aliphatic rings. The highest BCUT2D eigenvalue weighted by Crippen LogP contribution is 2.11. The minimum absolute atomic E-state index is 0.187. The van der Waals surface area contributed by atoms with Gasteiger partial charge in [-0.25, -0.2) is 0 Å². The van der Waals surface area contributed by atoms with Gasteiger partial charge in [0.15, 0.2) is 6.10 Å². The van der Waals surface area contributed by atoms with E-state index in [-0.39, 0.29) is 5.91 Å². The number of carbonyl (C=O) groups is 1. The fourth-order valence-electron chi connectivity index (χ4n) is 1.18. The van der Waals surface area contributed by atoms with Crippen molar-refractivity contribution < 1.29 is 9.53 Å². The SMILES string of the molecule is C=CCNC(=O)C(C)Oc1ccc(CN)nc1. The molecule has 0 aliphatic heterocycles. The molecular formula is C12H17N3O2. The van der Waals surface area contributed by atoms with Crippen molar-refractivity contribution in [2.45, 2.75) is 19.6 Å². The lowest BCUT2D eigenvalue weighted by Crippen LogP contribution is -2.36. The fourth-order valence-corrected chi connectivity index (χ4v) is 1.18. The molecule has 1 heterocycles. The largest absolute Gasteiger partial charge is 0.479 e. The van der Waals surface area contributed by atoms with Crippen LogP contribution >= 0.6 is 0 Å². The van der Waals surface area contributed by atoms with Gasteiger partial charge in [-0.15, -0.1) is 6.58 Å². The Morgan fingerprint density at radius 2 is 2.47 bits per heavy atom. The van der Waals surface area contributed by atoms with Gasteiger partial charge in [0.2, 0.25) is 0 Å². The Morgan fingerprint density at radius 3 is 3.00 bits per heavy atom. The Bertz CT molecular complexity index is 376. The quantitative estimate of drug-likeness (QED) is 0.708. The molecule has 1 aromatic heterocycles. The summed E-state index contributed by atoms with van der Waals surface area (Å²) in [6.07, 6.45) is 2.60. The summed E-state index contributed by atoms with van der Waals surface area (Å²) in [7, 11) is 0. The first kappa shape index (κ1) is 13.2. The van der Waals surface area contributed by atoms with Crippen molar-refractivity contribution in [3.05, 3.63) is 36.7 Å². The summed E-state index contributed by atoms with van der Waals surface area (Å²) >= 11 is 0. The lowest BCUT2D eigenvalue weighted by atomic mass is 10.3. The smallest absolute Gasteiger partial charge is 0.261 e. The number of carbonyl (C=O) groups excluding carboxylic acids is 1. The summed E-state index contributed by atoms with van der Waals surface area (Å²) in [6, 6.07) is 3.51. The van der Waals surface area contributed by atoms with Crippen LogP contribution < -0.4 is 15.8 Å². The molecule has 1 atom stereocenters. The molecule has 17 heavy (non-hydrogen) atoms. The number of rotatable bonds is 6. The molecule has 0 spiro atoms. The summed E-state index contributed by atoms with van der Waals surface area (Å²) < 4.78 is 5.42. The summed E-state index contributed by atoms with van der Waals surface area (Å²) in [5.41, 5.74) is 6.21. The molecule has 0 aliphatic carbocycles. The average molecular weight is 235 g/mol. The third-order valence-corrected chi connectivity index (χ3v) is 2.11. The van der Waals surface area contributed by atoms with Crippen molar-refractivity contribution in [2.75, 3.05) is 6.54 Å². The molecule has 1 aromatic rings. The molecule has 0 fully saturated rings. The Balaban J connectivity index is 2.51. The molecule has 0 saturated carbocycles. The normalized spacial score (nSPS) is 11.6. The highest BCUT2D eigenvalue weighted by molar-refractivity contribution is 5.80. The maximum Gasteiger partial charge on any atom is 0.261 e. The van der Waals surface area contributed by atoms with Crippen molar-refractivity contribution in [3.8, 4) is 5.75 Å². The molecule has 1 unspecified atom stereocenters. The van der Waals surface area contributed by atoms with E-state index in [4.69, 9.17) is 10.5 Å². The van der Waals surface area contributed by atoms with E-state index >= 15 is 0 Å². The number of ether oxygens (including phenoxy) is 1. The molecule has 92 valence electrons. The molecule has 0 radical (unpaired) electrons. The van der Waals surface area contributed by atoms with Crippen LogP contribution in [-0.2, 0) is 11.3 Å². The molecule has 5 nitrogen and oxygen atoms in total. The zero-order valence-electron chi connectivity index (χ0n) is 9.85. The van der Waals surface area contributed by atoms with Crippen LogP contribution in [0.25, 0.3) is 0 Å². The van der Waals surface area contributed by atoms with E-state index in [2.05, 4.69) is 16.9 Å². The highest BCUT2D eigenvalue weighted by Gasteiger charge is 2.13. The van der Waals surface area contributed by atoms with Crippen LogP contribution in [0.3, 0.4) is 0 Å². The van der Waals surface area contributed by atoms with E-state index in [0.29, 0.717) is 18.8 Å². The monoisotopic (exact) mass is 235 g/mol. The zero-order chi connectivity index (χ0) is 12.7. The van der Waals surface area contributed by atoms with Gasteiger partial charge in [0.05, 0.1) is 11.9 Å². The van der Waals surface area contributed by atoms with Crippen LogP contribution in [0.4, 0.5) is 0 Å². The zero-order valence-corrected chi connectivity index (χ0v) is 9.85. The molecule has 0 bridgehead atoms. The van der Waals surface area contributed by atoms with Gasteiger partial charge in [-0.2, -0.15) is 0 Å². The number of pyridine rings is 1. The van der Waals surface area contributed by atoms with Gasteiger partial charge in [0.1, 0.15) is 5.75 Å². The predicted molar refractivity (Wildman–Crippen MR) is 65.4 cm³/mol. The topological polar surface area (TPSA) is 77.2 Å². The van der Waals surface area contributed by atoms with Crippen molar-refractivity contribution >= 4 is 5.91 Å². The van der Waals surface area contributed by atoms with Crippen LogP contribution in [0, 0.1) is 0 Å². The maximum atomic E-state index is 11.5. The highest BCUT2D eigenvalue weighted by atomic mass is 16.5. The van der Waals surface area contributed by atoms with Crippen LogP contribution in [0.5, 0.6) is 5.75 Å². The lowest BCUT2D eigenvalue weighted by Gasteiger charge is -2.13. The van der Waals surface area contributed by atoms with Crippen LogP contribution in [0.1, 0.15) is 12.6 Å². The van der Waals surface area contributed by atoms with E-state index in [1.54, 1.807) is 31.3 Å². The first-order valence-electron chi connectivity index (χ1n) is 5.37. The number of nitrogens with zero attached hydrogens (tertiary/aromatic N) is 1. The minimum atomic E-state index is -0.569. The molecule has 1 rings (SSSR count). The molecule has 0 saturated heterocycles. The summed E-state index contributed by atoms with van der Waals surface area (Å²) in [6.45, 7) is 6.01. The summed E-state index contributed by atoms with van der Waals surface area (Å²) in [4.78, 5) is 15.6. The number of aromatic nitrogens is 1.